The molecule has 0 radical (unpaired) electrons. The highest BCUT2D eigenvalue weighted by atomic mass is 35.5. The Morgan fingerprint density at radius 2 is 1.86 bits per heavy atom. The highest BCUT2D eigenvalue weighted by molar-refractivity contribution is 6.30. The first-order chi connectivity index (χ1) is 16.7. The van der Waals surface area contributed by atoms with Crippen LogP contribution >= 0.6 is 11.6 Å². The van der Waals surface area contributed by atoms with E-state index in [9.17, 15) is 14.0 Å². The van der Waals surface area contributed by atoms with Crippen LogP contribution in [0.5, 0.6) is 5.75 Å². The normalized spacial score (nSPS) is 14.0. The van der Waals surface area contributed by atoms with Gasteiger partial charge in [-0.15, -0.1) is 0 Å². The van der Waals surface area contributed by atoms with Crippen molar-refractivity contribution in [1.82, 2.24) is 0 Å². The molecule has 2 amide bonds. The standard InChI is InChI=1S/C26H33ClFN3O4/c1-17(2)15-31(19-7-5-4-6-8-19)23-12-10-20(35-16-25(32)33)14-24(23)30(3)26(34)29-22-11-9-18(27)13-21(22)28/h9-14,17,19H,4-8,15-16H2,1-3H3,(H,29,34)(H,32,33). The largest absolute Gasteiger partial charge is 0.482 e. The number of nitrogens with one attached hydrogen (secondary N) is 1. The van der Waals surface area contributed by atoms with Gasteiger partial charge < -0.3 is 20.1 Å². The Labute approximate surface area is 210 Å². The molecule has 7 nitrogen and oxygen atoms in total. The van der Waals surface area contributed by atoms with Crippen LogP contribution in [0.4, 0.5) is 26.2 Å². The van der Waals surface area contributed by atoms with Crippen LogP contribution in [0.25, 0.3) is 0 Å². The summed E-state index contributed by atoms with van der Waals surface area (Å²) in [5, 5.41) is 11.8. The number of rotatable bonds is 9. The van der Waals surface area contributed by atoms with Crippen molar-refractivity contribution in [2.75, 3.05) is 35.3 Å². The number of aliphatic carboxylic acids is 1. The van der Waals surface area contributed by atoms with E-state index >= 15 is 0 Å². The molecule has 1 saturated carbocycles. The van der Waals surface area contributed by atoms with Gasteiger partial charge in [-0.25, -0.2) is 14.0 Å². The molecule has 2 aromatic rings. The quantitative estimate of drug-likeness (QED) is 0.411. The van der Waals surface area contributed by atoms with Crippen molar-refractivity contribution in [3.05, 3.63) is 47.2 Å². The maximum Gasteiger partial charge on any atom is 0.341 e. The van der Waals surface area contributed by atoms with Crippen LogP contribution in [-0.4, -0.2) is 43.3 Å². The van der Waals surface area contributed by atoms with E-state index in [2.05, 4.69) is 24.1 Å². The van der Waals surface area contributed by atoms with Crippen molar-refractivity contribution in [2.45, 2.75) is 52.0 Å². The average molecular weight is 506 g/mol. The number of carbonyl (C=O) groups is 2. The van der Waals surface area contributed by atoms with Gasteiger partial charge in [-0.1, -0.05) is 44.7 Å². The van der Waals surface area contributed by atoms with E-state index < -0.39 is 24.4 Å². The van der Waals surface area contributed by atoms with Crippen LogP contribution in [0, 0.1) is 11.7 Å². The molecule has 2 N–H and O–H groups in total. The molecule has 9 heteroatoms. The van der Waals surface area contributed by atoms with Crippen LogP contribution in [0.15, 0.2) is 36.4 Å². The number of nitrogens with zero attached hydrogens (tertiary/aromatic N) is 2. The maximum absolute atomic E-state index is 14.3. The van der Waals surface area contributed by atoms with E-state index in [1.165, 1.54) is 23.5 Å². The molecule has 0 spiro atoms. The van der Waals surface area contributed by atoms with E-state index in [4.69, 9.17) is 21.4 Å². The third kappa shape index (κ3) is 7.24. The van der Waals surface area contributed by atoms with Gasteiger partial charge in [0.2, 0.25) is 0 Å². The summed E-state index contributed by atoms with van der Waals surface area (Å²) in [5.41, 5.74) is 1.41. The Hall–Kier alpha value is -3.00. The summed E-state index contributed by atoms with van der Waals surface area (Å²) in [6.07, 6.45) is 5.65. The molecular formula is C26H33ClFN3O4. The number of halogens is 2. The lowest BCUT2D eigenvalue weighted by Gasteiger charge is -2.39. The van der Waals surface area contributed by atoms with Crippen LogP contribution in [-0.2, 0) is 4.79 Å². The molecule has 0 saturated heterocycles. The number of ether oxygens (including phenoxy) is 1. The van der Waals surface area contributed by atoms with E-state index in [0.29, 0.717) is 23.4 Å². The van der Waals surface area contributed by atoms with Crippen molar-refractivity contribution >= 4 is 40.7 Å². The molecule has 0 heterocycles. The first kappa shape index (κ1) is 26.6. The number of anilines is 3. The highest BCUT2D eigenvalue weighted by Crippen LogP contribution is 2.37. The number of carboxylic acids is 1. The molecule has 0 bridgehead atoms. The second kappa shape index (κ2) is 12.1. The lowest BCUT2D eigenvalue weighted by atomic mass is 9.93. The zero-order valence-electron chi connectivity index (χ0n) is 20.4. The van der Waals surface area contributed by atoms with Crippen LogP contribution < -0.4 is 19.9 Å². The Balaban J connectivity index is 1.97. The third-order valence-electron chi connectivity index (χ3n) is 6.03. The summed E-state index contributed by atoms with van der Waals surface area (Å²) < 4.78 is 19.7. The number of amides is 2. The van der Waals surface area contributed by atoms with Crippen molar-refractivity contribution in [2.24, 2.45) is 5.92 Å². The van der Waals surface area contributed by atoms with Crippen molar-refractivity contribution in [3.63, 3.8) is 0 Å². The molecule has 0 aliphatic heterocycles. The molecule has 0 atom stereocenters. The summed E-state index contributed by atoms with van der Waals surface area (Å²) in [6, 6.07) is 9.09. The van der Waals surface area contributed by atoms with E-state index in [-0.39, 0.29) is 10.7 Å². The van der Waals surface area contributed by atoms with Crippen molar-refractivity contribution < 1.29 is 23.8 Å². The van der Waals surface area contributed by atoms with Crippen LogP contribution in [0.1, 0.15) is 46.0 Å². The van der Waals surface area contributed by atoms with Crippen LogP contribution in [0.3, 0.4) is 0 Å². The summed E-state index contributed by atoms with van der Waals surface area (Å²) in [7, 11) is 1.59. The number of benzene rings is 2. The average Bonchev–Trinajstić information content (AvgIpc) is 2.82. The number of carbonyl (C=O) groups excluding carboxylic acids is 1. The fourth-order valence-corrected chi connectivity index (χ4v) is 4.54. The second-order valence-corrected chi connectivity index (χ2v) is 9.72. The van der Waals surface area contributed by atoms with Crippen LogP contribution in [0.2, 0.25) is 5.02 Å². The van der Waals surface area contributed by atoms with Gasteiger partial charge in [0.05, 0.1) is 17.1 Å². The molecule has 2 aromatic carbocycles. The molecule has 1 aliphatic carbocycles. The van der Waals surface area contributed by atoms with Gasteiger partial charge in [0, 0.05) is 30.7 Å². The number of hydrogen-bond donors (Lipinski definition) is 2. The topological polar surface area (TPSA) is 82.1 Å². The Kier molecular flexibility index (Phi) is 9.20. The fourth-order valence-electron chi connectivity index (χ4n) is 4.38. The van der Waals surface area contributed by atoms with E-state index in [0.717, 1.165) is 44.0 Å². The van der Waals surface area contributed by atoms with E-state index in [1.807, 2.05) is 6.07 Å². The number of carboxylic acid groups (broad SMARTS) is 1. The van der Waals surface area contributed by atoms with Gasteiger partial charge >= 0.3 is 12.0 Å². The Morgan fingerprint density at radius 1 is 1.14 bits per heavy atom. The summed E-state index contributed by atoms with van der Waals surface area (Å²) in [5.74, 6) is -1.02. The first-order valence-corrected chi connectivity index (χ1v) is 12.3. The van der Waals surface area contributed by atoms with E-state index in [1.54, 1.807) is 19.2 Å². The third-order valence-corrected chi connectivity index (χ3v) is 6.27. The summed E-state index contributed by atoms with van der Waals surface area (Å²) in [6.45, 7) is 4.61. The molecule has 35 heavy (non-hydrogen) atoms. The molecule has 3 rings (SSSR count). The molecule has 0 unspecified atom stereocenters. The molecule has 190 valence electrons. The second-order valence-electron chi connectivity index (χ2n) is 9.28. The minimum atomic E-state index is -1.09. The van der Waals surface area contributed by atoms with Gasteiger partial charge in [0.1, 0.15) is 11.6 Å². The Morgan fingerprint density at radius 3 is 2.49 bits per heavy atom. The minimum Gasteiger partial charge on any atom is -0.482 e. The molecule has 1 fully saturated rings. The zero-order valence-corrected chi connectivity index (χ0v) is 21.1. The lowest BCUT2D eigenvalue weighted by molar-refractivity contribution is -0.139. The SMILES string of the molecule is CC(C)CN(c1ccc(OCC(=O)O)cc1N(C)C(=O)Nc1ccc(Cl)cc1F)C1CCCCC1. The predicted molar refractivity (Wildman–Crippen MR) is 137 cm³/mol. The molecular weight excluding hydrogens is 473 g/mol. The molecule has 1 aliphatic rings. The monoisotopic (exact) mass is 505 g/mol. The smallest absolute Gasteiger partial charge is 0.341 e. The lowest BCUT2D eigenvalue weighted by Crippen LogP contribution is -2.41. The maximum atomic E-state index is 14.3. The van der Waals surface area contributed by atoms with Gasteiger partial charge in [0.25, 0.3) is 0 Å². The van der Waals surface area contributed by atoms with Crippen molar-refractivity contribution in [3.8, 4) is 5.75 Å². The van der Waals surface area contributed by atoms with Gasteiger partial charge in [-0.2, -0.15) is 0 Å². The zero-order chi connectivity index (χ0) is 25.5. The first-order valence-electron chi connectivity index (χ1n) is 11.9. The van der Waals surface area contributed by atoms with Gasteiger partial charge in [0.15, 0.2) is 6.61 Å². The molecule has 0 aromatic heterocycles. The number of urea groups is 1. The predicted octanol–water partition coefficient (Wildman–Crippen LogP) is 6.41. The van der Waals surface area contributed by atoms with Crippen molar-refractivity contribution in [1.29, 1.82) is 0 Å². The highest BCUT2D eigenvalue weighted by Gasteiger charge is 2.27. The van der Waals surface area contributed by atoms with Gasteiger partial charge in [-0.05, 0) is 49.1 Å². The minimum absolute atomic E-state index is 0.0115. The van der Waals surface area contributed by atoms with Gasteiger partial charge in [-0.3, -0.25) is 4.90 Å². The Bertz CT molecular complexity index is 1040. The fraction of sp³-hybridized carbons (Fsp3) is 0.462. The number of hydrogen-bond acceptors (Lipinski definition) is 4. The summed E-state index contributed by atoms with van der Waals surface area (Å²) in [4.78, 5) is 27.9. The summed E-state index contributed by atoms with van der Waals surface area (Å²) >= 11 is 5.83.